The molecule has 0 amide bonds. The highest BCUT2D eigenvalue weighted by molar-refractivity contribution is 7.19. The maximum absolute atomic E-state index is 13.7. The van der Waals surface area contributed by atoms with Crippen LogP contribution in [0.4, 0.5) is 4.39 Å². The van der Waals surface area contributed by atoms with Crippen molar-refractivity contribution in [3.8, 4) is 0 Å². The lowest BCUT2D eigenvalue weighted by Gasteiger charge is -2.03. The second-order valence-corrected chi connectivity index (χ2v) is 5.73. The van der Waals surface area contributed by atoms with E-state index in [1.54, 1.807) is 17.4 Å². The summed E-state index contributed by atoms with van der Waals surface area (Å²) in [5, 5.41) is 4.62. The molecule has 1 heterocycles. The molecule has 3 heteroatoms. The number of aryl methyl sites for hydroxylation is 1. The van der Waals surface area contributed by atoms with Gasteiger partial charge < -0.3 is 5.32 Å². The number of nitrogens with one attached hydrogen (secondary N) is 1. The van der Waals surface area contributed by atoms with Crippen LogP contribution in [0.25, 0.3) is 10.1 Å². The summed E-state index contributed by atoms with van der Waals surface area (Å²) in [5.74, 6) is -0.0835. The zero-order valence-electron chi connectivity index (χ0n) is 9.92. The van der Waals surface area contributed by atoms with Gasteiger partial charge in [-0.2, -0.15) is 0 Å². The van der Waals surface area contributed by atoms with Gasteiger partial charge in [0.05, 0.1) is 4.70 Å². The highest BCUT2D eigenvalue weighted by Gasteiger charge is 2.21. The Morgan fingerprint density at radius 1 is 1.41 bits per heavy atom. The Labute approximate surface area is 105 Å². The Kier molecular flexibility index (Phi) is 2.89. The Hall–Kier alpha value is -0.930. The van der Waals surface area contributed by atoms with E-state index in [9.17, 15) is 4.39 Å². The third-order valence-electron chi connectivity index (χ3n) is 3.34. The summed E-state index contributed by atoms with van der Waals surface area (Å²) < 4.78 is 14.5. The molecular formula is C14H16FNS. The highest BCUT2D eigenvalue weighted by Crippen LogP contribution is 2.34. The molecule has 1 N–H and O–H groups in total. The fraction of sp³-hybridized carbons (Fsp3) is 0.429. The summed E-state index contributed by atoms with van der Waals surface area (Å²) in [7, 11) is 0. The Bertz CT molecular complexity index is 542. The predicted octanol–water partition coefficient (Wildman–Crippen LogP) is 3.85. The minimum absolute atomic E-state index is 0.0835. The van der Waals surface area contributed by atoms with Crippen molar-refractivity contribution >= 4 is 21.4 Å². The van der Waals surface area contributed by atoms with E-state index in [4.69, 9.17) is 0 Å². The monoisotopic (exact) mass is 249 g/mol. The Balaban J connectivity index is 2.00. The topological polar surface area (TPSA) is 12.0 Å². The normalized spacial score (nSPS) is 15.6. The van der Waals surface area contributed by atoms with Crippen LogP contribution in [0.3, 0.4) is 0 Å². The molecule has 2 aromatic rings. The van der Waals surface area contributed by atoms with E-state index in [1.807, 2.05) is 12.1 Å². The van der Waals surface area contributed by atoms with Gasteiger partial charge in [0, 0.05) is 17.5 Å². The number of rotatable bonds is 4. The van der Waals surface area contributed by atoms with Crippen molar-refractivity contribution in [3.05, 3.63) is 34.5 Å². The summed E-state index contributed by atoms with van der Waals surface area (Å²) in [6, 6.07) is 6.10. The molecule has 90 valence electrons. The lowest BCUT2D eigenvalue weighted by Crippen LogP contribution is -2.15. The van der Waals surface area contributed by atoms with Gasteiger partial charge in [-0.05, 0) is 36.3 Å². The molecule has 0 atom stereocenters. The van der Waals surface area contributed by atoms with Crippen molar-refractivity contribution < 1.29 is 4.39 Å². The van der Waals surface area contributed by atoms with E-state index in [0.717, 1.165) is 23.1 Å². The number of benzene rings is 1. The number of hydrogen-bond acceptors (Lipinski definition) is 2. The van der Waals surface area contributed by atoms with Crippen LogP contribution in [0.5, 0.6) is 0 Å². The van der Waals surface area contributed by atoms with Crippen LogP contribution in [0.1, 0.15) is 30.2 Å². The fourth-order valence-electron chi connectivity index (χ4n) is 2.24. The molecule has 0 saturated heterocycles. The minimum atomic E-state index is -0.0835. The lowest BCUT2D eigenvalue weighted by atomic mass is 10.1. The van der Waals surface area contributed by atoms with Gasteiger partial charge in [0.2, 0.25) is 0 Å². The average molecular weight is 249 g/mol. The third-order valence-corrected chi connectivity index (χ3v) is 4.59. The molecule has 0 unspecified atom stereocenters. The molecule has 1 aromatic heterocycles. The second-order valence-electron chi connectivity index (χ2n) is 4.63. The number of thiophene rings is 1. The molecule has 1 saturated carbocycles. The number of halogens is 1. The first kappa shape index (κ1) is 11.2. The number of hydrogen-bond donors (Lipinski definition) is 1. The zero-order valence-corrected chi connectivity index (χ0v) is 10.7. The minimum Gasteiger partial charge on any atom is -0.309 e. The van der Waals surface area contributed by atoms with Crippen LogP contribution < -0.4 is 5.32 Å². The van der Waals surface area contributed by atoms with E-state index in [0.29, 0.717) is 6.04 Å². The van der Waals surface area contributed by atoms with Gasteiger partial charge in [-0.15, -0.1) is 11.3 Å². The molecule has 1 aliphatic carbocycles. The molecule has 1 aromatic carbocycles. The maximum atomic E-state index is 13.7. The van der Waals surface area contributed by atoms with Crippen molar-refractivity contribution in [2.24, 2.45) is 0 Å². The molecule has 1 nitrogen and oxygen atoms in total. The van der Waals surface area contributed by atoms with Crippen molar-refractivity contribution in [2.75, 3.05) is 0 Å². The molecule has 0 bridgehead atoms. The fourth-order valence-corrected chi connectivity index (χ4v) is 3.49. The molecule has 17 heavy (non-hydrogen) atoms. The SMILES string of the molecule is CCc1c(CNC2CC2)sc2c(F)cccc12. The molecule has 0 radical (unpaired) electrons. The van der Waals surface area contributed by atoms with Gasteiger partial charge in [0.1, 0.15) is 5.82 Å². The Morgan fingerprint density at radius 2 is 2.24 bits per heavy atom. The molecule has 3 rings (SSSR count). The van der Waals surface area contributed by atoms with Crippen LogP contribution in [0, 0.1) is 5.82 Å². The van der Waals surface area contributed by atoms with Crippen molar-refractivity contribution in [3.63, 3.8) is 0 Å². The van der Waals surface area contributed by atoms with Gasteiger partial charge in [-0.1, -0.05) is 19.1 Å². The molecule has 1 aliphatic rings. The molecule has 0 aliphatic heterocycles. The first-order valence-electron chi connectivity index (χ1n) is 6.21. The summed E-state index contributed by atoms with van der Waals surface area (Å²) >= 11 is 1.61. The summed E-state index contributed by atoms with van der Waals surface area (Å²) in [5.41, 5.74) is 1.32. The third kappa shape index (κ3) is 2.09. The average Bonchev–Trinajstić information content (AvgIpc) is 3.08. The zero-order chi connectivity index (χ0) is 11.8. The predicted molar refractivity (Wildman–Crippen MR) is 71.0 cm³/mol. The van der Waals surface area contributed by atoms with Gasteiger partial charge >= 0.3 is 0 Å². The standard InChI is InChI=1S/C14H16FNS/c1-2-10-11-4-3-5-12(15)14(11)17-13(10)8-16-9-6-7-9/h3-5,9,16H,2,6-8H2,1H3. The van der Waals surface area contributed by atoms with E-state index in [2.05, 4.69) is 12.2 Å². The van der Waals surface area contributed by atoms with E-state index < -0.39 is 0 Å². The van der Waals surface area contributed by atoms with E-state index in [-0.39, 0.29) is 5.82 Å². The lowest BCUT2D eigenvalue weighted by molar-refractivity contribution is 0.641. The molecule has 0 spiro atoms. The second kappa shape index (κ2) is 4.39. The quantitative estimate of drug-likeness (QED) is 0.867. The first-order valence-corrected chi connectivity index (χ1v) is 7.03. The van der Waals surface area contributed by atoms with E-state index >= 15 is 0 Å². The van der Waals surface area contributed by atoms with Gasteiger partial charge in [0.15, 0.2) is 0 Å². The summed E-state index contributed by atoms with van der Waals surface area (Å²) in [6.07, 6.45) is 3.56. The number of fused-ring (bicyclic) bond motifs is 1. The summed E-state index contributed by atoms with van der Waals surface area (Å²) in [4.78, 5) is 1.31. The molecular weight excluding hydrogens is 233 g/mol. The highest BCUT2D eigenvalue weighted by atomic mass is 32.1. The smallest absolute Gasteiger partial charge is 0.141 e. The van der Waals surface area contributed by atoms with Crippen molar-refractivity contribution in [2.45, 2.75) is 38.8 Å². The van der Waals surface area contributed by atoms with Crippen LogP contribution in [-0.4, -0.2) is 6.04 Å². The van der Waals surface area contributed by atoms with Crippen LogP contribution in [0.2, 0.25) is 0 Å². The van der Waals surface area contributed by atoms with Gasteiger partial charge in [-0.3, -0.25) is 0 Å². The van der Waals surface area contributed by atoms with Crippen molar-refractivity contribution in [1.82, 2.24) is 5.32 Å². The van der Waals surface area contributed by atoms with Crippen molar-refractivity contribution in [1.29, 1.82) is 0 Å². The summed E-state index contributed by atoms with van der Waals surface area (Å²) in [6.45, 7) is 3.04. The Morgan fingerprint density at radius 3 is 2.94 bits per heavy atom. The first-order chi connectivity index (χ1) is 8.29. The largest absolute Gasteiger partial charge is 0.309 e. The van der Waals surface area contributed by atoms with E-state index in [1.165, 1.54) is 23.3 Å². The van der Waals surface area contributed by atoms with Crippen LogP contribution in [-0.2, 0) is 13.0 Å². The van der Waals surface area contributed by atoms with Crippen LogP contribution in [0.15, 0.2) is 18.2 Å². The van der Waals surface area contributed by atoms with Crippen LogP contribution >= 0.6 is 11.3 Å². The maximum Gasteiger partial charge on any atom is 0.141 e. The van der Waals surface area contributed by atoms with Gasteiger partial charge in [-0.25, -0.2) is 4.39 Å². The molecule has 1 fully saturated rings. The van der Waals surface area contributed by atoms with Gasteiger partial charge in [0.25, 0.3) is 0 Å².